The number of aliphatic hydroxyl groups excluding tert-OH is 1. The summed E-state index contributed by atoms with van der Waals surface area (Å²) in [6.07, 6.45) is 1.23. The summed E-state index contributed by atoms with van der Waals surface area (Å²) in [6, 6.07) is 0. The molecule has 1 heterocycles. The molecule has 0 aromatic rings. The van der Waals surface area contributed by atoms with Crippen molar-refractivity contribution in [3.05, 3.63) is 0 Å². The monoisotopic (exact) mass is 172 g/mol. The molecule has 1 fully saturated rings. The number of nitrogens with one attached hydrogen (secondary N) is 1. The highest BCUT2D eigenvalue weighted by molar-refractivity contribution is 5.78. The number of nitrogens with zero attached hydrogens (tertiary/aromatic N) is 1. The molecule has 0 unspecified atom stereocenters. The van der Waals surface area contributed by atoms with Crippen molar-refractivity contribution in [1.82, 2.24) is 10.2 Å². The average molecular weight is 172 g/mol. The number of piperidine rings is 1. The third kappa shape index (κ3) is 2.46. The Morgan fingerprint density at radius 2 is 2.17 bits per heavy atom. The molecule has 2 N–H and O–H groups in total. The van der Waals surface area contributed by atoms with Crippen molar-refractivity contribution in [3.63, 3.8) is 0 Å². The third-order valence-electron chi connectivity index (χ3n) is 2.15. The Morgan fingerprint density at radius 3 is 2.67 bits per heavy atom. The predicted molar refractivity (Wildman–Crippen MR) is 45.7 cm³/mol. The first-order valence-electron chi connectivity index (χ1n) is 4.34. The van der Waals surface area contributed by atoms with E-state index < -0.39 is 0 Å². The van der Waals surface area contributed by atoms with E-state index in [1.807, 2.05) is 0 Å². The van der Waals surface area contributed by atoms with Gasteiger partial charge in [-0.15, -0.1) is 0 Å². The van der Waals surface area contributed by atoms with Gasteiger partial charge in [-0.1, -0.05) is 0 Å². The van der Waals surface area contributed by atoms with Gasteiger partial charge in [-0.3, -0.25) is 4.79 Å². The number of aliphatic hydroxyl groups is 1. The van der Waals surface area contributed by atoms with E-state index in [0.717, 1.165) is 12.8 Å². The van der Waals surface area contributed by atoms with Gasteiger partial charge in [0.1, 0.15) is 0 Å². The molecule has 0 radical (unpaired) electrons. The van der Waals surface area contributed by atoms with E-state index in [1.54, 1.807) is 11.9 Å². The molecule has 1 aliphatic rings. The van der Waals surface area contributed by atoms with E-state index in [9.17, 15) is 9.90 Å². The van der Waals surface area contributed by atoms with Gasteiger partial charge in [0.15, 0.2) is 0 Å². The lowest BCUT2D eigenvalue weighted by Crippen LogP contribution is -2.43. The number of hydrogen-bond donors (Lipinski definition) is 2. The number of likely N-dealkylation sites (tertiary alicyclic amines) is 1. The fourth-order valence-corrected chi connectivity index (χ4v) is 1.38. The summed E-state index contributed by atoms with van der Waals surface area (Å²) in [5, 5.41) is 12.0. The van der Waals surface area contributed by atoms with E-state index in [4.69, 9.17) is 0 Å². The second kappa shape index (κ2) is 4.42. The molecule has 1 aliphatic heterocycles. The third-order valence-corrected chi connectivity index (χ3v) is 2.15. The maximum absolute atomic E-state index is 11.3. The number of carbonyl (C=O) groups is 1. The van der Waals surface area contributed by atoms with Crippen LogP contribution < -0.4 is 5.32 Å². The smallest absolute Gasteiger partial charge is 0.236 e. The van der Waals surface area contributed by atoms with Crippen LogP contribution in [0.4, 0.5) is 0 Å². The van der Waals surface area contributed by atoms with E-state index in [-0.39, 0.29) is 12.0 Å². The van der Waals surface area contributed by atoms with Crippen molar-refractivity contribution in [2.75, 3.05) is 26.7 Å². The Labute approximate surface area is 72.6 Å². The molecule has 4 nitrogen and oxygen atoms in total. The lowest BCUT2D eigenvalue weighted by molar-refractivity contribution is -0.132. The lowest BCUT2D eigenvalue weighted by atomic mass is 10.1. The highest BCUT2D eigenvalue weighted by Crippen LogP contribution is 2.09. The first-order chi connectivity index (χ1) is 5.74. The number of amides is 1. The van der Waals surface area contributed by atoms with Gasteiger partial charge < -0.3 is 15.3 Å². The quantitative estimate of drug-likeness (QED) is 0.573. The van der Waals surface area contributed by atoms with Crippen LogP contribution in [0.15, 0.2) is 0 Å². The van der Waals surface area contributed by atoms with Crippen LogP contribution >= 0.6 is 0 Å². The van der Waals surface area contributed by atoms with Gasteiger partial charge in [-0.05, 0) is 19.9 Å². The Bertz CT molecular complexity index is 153. The lowest BCUT2D eigenvalue weighted by Gasteiger charge is -2.29. The SMILES string of the molecule is CNCC(=O)N1CCC(O)CC1. The topological polar surface area (TPSA) is 52.6 Å². The molecule has 0 aromatic carbocycles. The zero-order valence-electron chi connectivity index (χ0n) is 7.42. The molecule has 12 heavy (non-hydrogen) atoms. The zero-order valence-corrected chi connectivity index (χ0v) is 7.42. The molecule has 1 rings (SSSR count). The molecule has 4 heteroatoms. The van der Waals surface area contributed by atoms with Crippen molar-refractivity contribution < 1.29 is 9.90 Å². The predicted octanol–water partition coefficient (Wildman–Crippen LogP) is -0.811. The first kappa shape index (κ1) is 9.48. The van der Waals surface area contributed by atoms with Crippen LogP contribution in [0.3, 0.4) is 0 Å². The Balaban J connectivity index is 2.29. The van der Waals surface area contributed by atoms with Gasteiger partial charge in [0.05, 0.1) is 12.6 Å². The highest BCUT2D eigenvalue weighted by Gasteiger charge is 2.20. The van der Waals surface area contributed by atoms with Gasteiger partial charge in [0, 0.05) is 13.1 Å². The largest absolute Gasteiger partial charge is 0.393 e. The molecule has 0 atom stereocenters. The molecule has 0 bridgehead atoms. The average Bonchev–Trinajstić information content (AvgIpc) is 2.06. The molecule has 1 amide bonds. The minimum atomic E-state index is -0.205. The van der Waals surface area contributed by atoms with Gasteiger partial charge in [0.2, 0.25) is 5.91 Å². The van der Waals surface area contributed by atoms with Crippen LogP contribution in [0.5, 0.6) is 0 Å². The normalized spacial score (nSPS) is 19.7. The molecule has 70 valence electrons. The van der Waals surface area contributed by atoms with Crippen molar-refractivity contribution in [2.45, 2.75) is 18.9 Å². The zero-order chi connectivity index (χ0) is 8.97. The fraction of sp³-hybridized carbons (Fsp3) is 0.875. The molecular weight excluding hydrogens is 156 g/mol. The summed E-state index contributed by atoms with van der Waals surface area (Å²) in [4.78, 5) is 13.1. The summed E-state index contributed by atoms with van der Waals surface area (Å²) in [7, 11) is 1.76. The van der Waals surface area contributed by atoms with Crippen molar-refractivity contribution in [1.29, 1.82) is 0 Å². The van der Waals surface area contributed by atoms with Crippen LogP contribution in [-0.4, -0.2) is 48.7 Å². The molecule has 0 aliphatic carbocycles. The molecular formula is C8H16N2O2. The van der Waals surface area contributed by atoms with Crippen molar-refractivity contribution in [3.8, 4) is 0 Å². The molecule has 1 saturated heterocycles. The van der Waals surface area contributed by atoms with Crippen LogP contribution in [0.25, 0.3) is 0 Å². The number of rotatable bonds is 2. The van der Waals surface area contributed by atoms with Crippen LogP contribution in [0, 0.1) is 0 Å². The minimum Gasteiger partial charge on any atom is -0.393 e. The second-order valence-electron chi connectivity index (χ2n) is 3.14. The number of likely N-dealkylation sites (N-methyl/N-ethyl adjacent to an activating group) is 1. The molecule has 0 spiro atoms. The van der Waals surface area contributed by atoms with E-state index in [1.165, 1.54) is 0 Å². The summed E-state index contributed by atoms with van der Waals surface area (Å²) < 4.78 is 0. The fourth-order valence-electron chi connectivity index (χ4n) is 1.38. The Hall–Kier alpha value is -0.610. The summed E-state index contributed by atoms with van der Waals surface area (Å²) in [5.41, 5.74) is 0. The number of carbonyl (C=O) groups excluding carboxylic acids is 1. The number of hydrogen-bond acceptors (Lipinski definition) is 3. The van der Waals surface area contributed by atoms with Gasteiger partial charge >= 0.3 is 0 Å². The maximum Gasteiger partial charge on any atom is 0.236 e. The summed E-state index contributed by atoms with van der Waals surface area (Å²) in [5.74, 6) is 0.129. The Kier molecular flexibility index (Phi) is 3.49. The van der Waals surface area contributed by atoms with Crippen molar-refractivity contribution in [2.24, 2.45) is 0 Å². The van der Waals surface area contributed by atoms with Crippen molar-refractivity contribution >= 4 is 5.91 Å². The van der Waals surface area contributed by atoms with E-state index in [0.29, 0.717) is 19.6 Å². The van der Waals surface area contributed by atoms with E-state index >= 15 is 0 Å². The molecule has 0 aromatic heterocycles. The van der Waals surface area contributed by atoms with E-state index in [2.05, 4.69) is 5.32 Å². The maximum atomic E-state index is 11.3. The van der Waals surface area contributed by atoms with Gasteiger partial charge in [-0.25, -0.2) is 0 Å². The van der Waals surface area contributed by atoms with Gasteiger partial charge in [-0.2, -0.15) is 0 Å². The second-order valence-corrected chi connectivity index (χ2v) is 3.14. The van der Waals surface area contributed by atoms with Crippen LogP contribution in [0.1, 0.15) is 12.8 Å². The van der Waals surface area contributed by atoms with Crippen LogP contribution in [-0.2, 0) is 4.79 Å². The van der Waals surface area contributed by atoms with Gasteiger partial charge in [0.25, 0.3) is 0 Å². The standard InChI is InChI=1S/C8H16N2O2/c1-9-6-8(12)10-4-2-7(11)3-5-10/h7,9,11H,2-6H2,1H3. The summed E-state index contributed by atoms with van der Waals surface area (Å²) in [6.45, 7) is 1.79. The molecule has 0 saturated carbocycles. The Morgan fingerprint density at radius 1 is 1.58 bits per heavy atom. The minimum absolute atomic E-state index is 0.129. The van der Waals surface area contributed by atoms with Crippen LogP contribution in [0.2, 0.25) is 0 Å². The summed E-state index contributed by atoms with van der Waals surface area (Å²) >= 11 is 0. The first-order valence-corrected chi connectivity index (χ1v) is 4.34. The highest BCUT2D eigenvalue weighted by atomic mass is 16.3.